The van der Waals surface area contributed by atoms with Crippen LogP contribution in [0, 0.1) is 11.8 Å². The van der Waals surface area contributed by atoms with E-state index in [-0.39, 0.29) is 85.9 Å². The van der Waals surface area contributed by atoms with Crippen LogP contribution in [0.1, 0.15) is 27.7 Å². The normalized spacial score (nSPS) is 13.0. The van der Waals surface area contributed by atoms with E-state index in [1.165, 1.54) is 26.8 Å². The largest absolute Gasteiger partial charge is 0.462 e. The van der Waals surface area contributed by atoms with E-state index in [0.29, 0.717) is 0 Å². The molecule has 47 heavy (non-hydrogen) atoms. The number of H-pyrrole nitrogens is 2. The molecule has 4 aromatic heterocycles. The van der Waals surface area contributed by atoms with Crippen molar-refractivity contribution in [2.75, 3.05) is 43.9 Å². The average Bonchev–Trinajstić information content (AvgIpc) is 3.64. The van der Waals surface area contributed by atoms with Crippen molar-refractivity contribution < 1.29 is 28.5 Å². The van der Waals surface area contributed by atoms with Gasteiger partial charge >= 0.3 is 11.9 Å². The molecule has 0 aliphatic rings. The Labute approximate surface area is 267 Å². The molecule has 0 bridgehead atoms. The van der Waals surface area contributed by atoms with E-state index in [1.807, 2.05) is 27.7 Å². The van der Waals surface area contributed by atoms with Gasteiger partial charge in [0, 0.05) is 7.05 Å². The number of esters is 2. The smallest absolute Gasteiger partial charge is 0.323 e. The van der Waals surface area contributed by atoms with Crippen molar-refractivity contribution in [3.8, 4) is 0 Å². The Balaban J connectivity index is 1.37. The molecule has 7 N–H and O–H groups in total. The molecule has 2 atom stereocenters. The van der Waals surface area contributed by atoms with Gasteiger partial charge < -0.3 is 30.4 Å². The lowest BCUT2D eigenvalue weighted by Gasteiger charge is -2.19. The molecular formula is C27H40N12O8. The number of nitrogens with one attached hydrogen (secondary N) is 3. The highest BCUT2D eigenvalue weighted by molar-refractivity contribution is 5.76. The maximum absolute atomic E-state index is 12.8. The summed E-state index contributed by atoms with van der Waals surface area (Å²) < 4.78 is 24.4. The number of nitrogens with zero attached hydrogens (tertiary/aromatic N) is 7. The van der Waals surface area contributed by atoms with E-state index >= 15 is 0 Å². The number of anilines is 2. The molecule has 256 valence electrons. The van der Waals surface area contributed by atoms with Crippen molar-refractivity contribution in [3.63, 3.8) is 0 Å². The summed E-state index contributed by atoms with van der Waals surface area (Å²) in [6, 6.07) is -1.44. The predicted molar refractivity (Wildman–Crippen MR) is 168 cm³/mol. The molecule has 0 spiro atoms. The number of hydrazine groups is 1. The van der Waals surface area contributed by atoms with Crippen molar-refractivity contribution in [3.05, 3.63) is 33.4 Å². The molecule has 0 radical (unpaired) electrons. The summed E-state index contributed by atoms with van der Waals surface area (Å²) in [4.78, 5) is 71.6. The second-order valence-corrected chi connectivity index (χ2v) is 11.2. The molecular weight excluding hydrogens is 620 g/mol. The highest BCUT2D eigenvalue weighted by atomic mass is 16.6. The van der Waals surface area contributed by atoms with E-state index in [4.69, 9.17) is 30.4 Å². The van der Waals surface area contributed by atoms with Gasteiger partial charge in [0.05, 0.1) is 25.9 Å². The topological polar surface area (TPSA) is 266 Å². The van der Waals surface area contributed by atoms with Crippen LogP contribution in [0.3, 0.4) is 0 Å². The van der Waals surface area contributed by atoms with Crippen LogP contribution in [-0.4, -0.2) is 96.5 Å². The molecule has 4 rings (SSSR count). The standard InChI is InChI=1S/C27H40N12O8/c1-14(2)16(28)24(42)46-8-6-44-12-38-10-30-18-20(38)32-26(34-22(18)40)36-37(5)27-33-21-19(23(41)35-27)31-11-39(21)13-45-7-9-47-25(43)17(29)15(3)4/h10-11,14-17H,6-9,12-13,28-29H2,1-5H3,(H,33,35,41)(H2,32,34,36,40)/t16-,17-/m0/s1. The minimum Gasteiger partial charge on any atom is -0.462 e. The van der Waals surface area contributed by atoms with Gasteiger partial charge in [-0.2, -0.15) is 9.97 Å². The van der Waals surface area contributed by atoms with Gasteiger partial charge in [-0.05, 0) is 11.8 Å². The molecule has 0 saturated carbocycles. The second kappa shape index (κ2) is 15.6. The lowest BCUT2D eigenvalue weighted by molar-refractivity contribution is -0.149. The maximum atomic E-state index is 12.8. The Morgan fingerprint density at radius 3 is 1.77 bits per heavy atom. The lowest BCUT2D eigenvalue weighted by atomic mass is 10.1. The van der Waals surface area contributed by atoms with Crippen molar-refractivity contribution in [1.29, 1.82) is 0 Å². The van der Waals surface area contributed by atoms with Gasteiger partial charge in [0.15, 0.2) is 22.3 Å². The minimum absolute atomic E-state index is 0.00110. The molecule has 4 heterocycles. The van der Waals surface area contributed by atoms with Crippen LogP contribution >= 0.6 is 0 Å². The summed E-state index contributed by atoms with van der Waals surface area (Å²) in [6.07, 6.45) is 2.79. The quantitative estimate of drug-likeness (QED) is 0.0517. The number of ether oxygens (including phenoxy) is 4. The predicted octanol–water partition coefficient (Wildman–Crippen LogP) is -0.983. The Hall–Kier alpha value is -4.92. The van der Waals surface area contributed by atoms with E-state index in [9.17, 15) is 19.2 Å². The number of carbonyl (C=O) groups is 2. The van der Waals surface area contributed by atoms with Gasteiger partial charge in [-0.15, -0.1) is 0 Å². The van der Waals surface area contributed by atoms with E-state index in [2.05, 4.69) is 35.3 Å². The zero-order valence-electron chi connectivity index (χ0n) is 26.8. The SMILES string of the molecule is CC(C)[C@H](N)C(=O)OCCOCn1cnc2c(=O)[nH]c(NN(C)c3nc4c(ncn4COCCOC(=O)[C@@H](N)C(C)C)c(=O)[nH]3)nc21. The summed E-state index contributed by atoms with van der Waals surface area (Å²) in [6.45, 7) is 7.39. The number of imidazole rings is 2. The molecule has 0 amide bonds. The number of hydrogen-bond acceptors (Lipinski definition) is 16. The Bertz CT molecular complexity index is 1800. The lowest BCUT2D eigenvalue weighted by Crippen LogP contribution is -2.37. The van der Waals surface area contributed by atoms with Crippen molar-refractivity contribution in [1.82, 2.24) is 39.0 Å². The van der Waals surface area contributed by atoms with Gasteiger partial charge in [-0.1, -0.05) is 27.7 Å². The van der Waals surface area contributed by atoms with Crippen LogP contribution in [0.15, 0.2) is 22.2 Å². The van der Waals surface area contributed by atoms with Crippen LogP contribution in [-0.2, 0) is 42.0 Å². The maximum Gasteiger partial charge on any atom is 0.323 e. The number of aromatic amines is 2. The Kier molecular flexibility index (Phi) is 11.6. The number of rotatable bonds is 17. The third kappa shape index (κ3) is 8.67. The summed E-state index contributed by atoms with van der Waals surface area (Å²) in [7, 11) is 1.55. The third-order valence-corrected chi connectivity index (χ3v) is 6.91. The Morgan fingerprint density at radius 2 is 1.28 bits per heavy atom. The van der Waals surface area contributed by atoms with E-state index in [0.717, 1.165) is 0 Å². The first-order valence-corrected chi connectivity index (χ1v) is 14.8. The van der Waals surface area contributed by atoms with Gasteiger partial charge in [0.1, 0.15) is 38.8 Å². The summed E-state index contributed by atoms with van der Waals surface area (Å²) in [5.41, 5.74) is 14.0. The highest BCUT2D eigenvalue weighted by Crippen LogP contribution is 2.13. The van der Waals surface area contributed by atoms with E-state index in [1.54, 1.807) is 7.05 Å². The second-order valence-electron chi connectivity index (χ2n) is 11.2. The molecule has 0 aliphatic heterocycles. The van der Waals surface area contributed by atoms with Crippen molar-refractivity contribution in [2.45, 2.75) is 53.2 Å². The van der Waals surface area contributed by atoms with Crippen molar-refractivity contribution in [2.24, 2.45) is 23.3 Å². The summed E-state index contributed by atoms with van der Waals surface area (Å²) >= 11 is 0. The molecule has 4 aromatic rings. The molecule has 0 aliphatic carbocycles. The molecule has 0 aromatic carbocycles. The van der Waals surface area contributed by atoms with Crippen LogP contribution in [0.25, 0.3) is 22.3 Å². The number of hydrogen-bond donors (Lipinski definition) is 5. The zero-order valence-corrected chi connectivity index (χ0v) is 26.8. The molecule has 0 fully saturated rings. The fourth-order valence-electron chi connectivity index (χ4n) is 3.97. The number of fused-ring (bicyclic) bond motifs is 2. The van der Waals surface area contributed by atoms with Crippen LogP contribution in [0.5, 0.6) is 0 Å². The first kappa shape index (κ1) is 34.9. The molecule has 20 heteroatoms. The third-order valence-electron chi connectivity index (χ3n) is 6.91. The van der Waals surface area contributed by atoms with Gasteiger partial charge in [-0.3, -0.25) is 48.7 Å². The molecule has 0 unspecified atom stereocenters. The zero-order chi connectivity index (χ0) is 34.2. The minimum atomic E-state index is -0.719. The molecule has 0 saturated heterocycles. The van der Waals surface area contributed by atoms with Crippen LogP contribution in [0.2, 0.25) is 0 Å². The summed E-state index contributed by atoms with van der Waals surface area (Å²) in [5.74, 6) is -1.04. The monoisotopic (exact) mass is 660 g/mol. The molecule has 20 nitrogen and oxygen atoms in total. The van der Waals surface area contributed by atoms with Crippen molar-refractivity contribution >= 4 is 46.2 Å². The number of nitrogens with two attached hydrogens (primary N) is 2. The average molecular weight is 661 g/mol. The van der Waals surface area contributed by atoms with Crippen LogP contribution < -0.4 is 33.0 Å². The number of aromatic nitrogens is 8. The van der Waals surface area contributed by atoms with Gasteiger partial charge in [-0.25, -0.2) is 9.97 Å². The van der Waals surface area contributed by atoms with E-state index < -0.39 is 35.1 Å². The van der Waals surface area contributed by atoms with Gasteiger partial charge in [0.25, 0.3) is 11.1 Å². The van der Waals surface area contributed by atoms with Crippen LogP contribution in [0.4, 0.5) is 11.9 Å². The fraction of sp³-hybridized carbons (Fsp3) is 0.556. The first-order chi connectivity index (χ1) is 22.4. The number of carbonyl (C=O) groups excluding carboxylic acids is 2. The summed E-state index contributed by atoms with van der Waals surface area (Å²) in [5, 5.41) is 1.34. The van der Waals surface area contributed by atoms with Gasteiger partial charge in [0.2, 0.25) is 11.9 Å². The Morgan fingerprint density at radius 1 is 0.809 bits per heavy atom. The first-order valence-electron chi connectivity index (χ1n) is 14.8. The highest BCUT2D eigenvalue weighted by Gasteiger charge is 2.20. The fourth-order valence-corrected chi connectivity index (χ4v) is 3.97.